The molecule has 0 aliphatic rings. The molecule has 7 aromatic rings. The van der Waals surface area contributed by atoms with Gasteiger partial charge in [0.2, 0.25) is 5.43 Å². The molecule has 0 bridgehead atoms. The van der Waals surface area contributed by atoms with Gasteiger partial charge in [-0.15, -0.1) is 0 Å². The molecule has 0 radical (unpaired) electrons. The molecule has 0 unspecified atom stereocenters. The molecule has 0 saturated carbocycles. The minimum Gasteiger partial charge on any atom is -0.311 e. The van der Waals surface area contributed by atoms with Crippen molar-refractivity contribution < 1.29 is 8.78 Å². The van der Waals surface area contributed by atoms with Gasteiger partial charge in [-0.25, -0.2) is 13.8 Å². The Morgan fingerprint density at radius 2 is 1.25 bits per heavy atom. The first-order chi connectivity index (χ1) is 21.3. The van der Waals surface area contributed by atoms with Crippen molar-refractivity contribution in [3.63, 3.8) is 0 Å². The number of anilines is 3. The van der Waals surface area contributed by atoms with Gasteiger partial charge in [0.05, 0.1) is 22.8 Å². The topological polar surface area (TPSA) is 75.5 Å². The summed E-state index contributed by atoms with van der Waals surface area (Å²) in [5.41, 5.74) is 6.27. The highest BCUT2D eigenvalue weighted by Gasteiger charge is 2.19. The van der Waals surface area contributed by atoms with Crippen LogP contribution >= 0.6 is 11.7 Å². The van der Waals surface area contributed by atoms with Crippen molar-refractivity contribution in [2.75, 3.05) is 4.90 Å². The minimum absolute atomic E-state index is 0.166. The molecule has 0 aliphatic carbocycles. The molecule has 0 saturated heterocycles. The first kappa shape index (κ1) is 27.4. The number of rotatable bonds is 5. The molecule has 7 rings (SSSR count). The second-order valence-corrected chi connectivity index (χ2v) is 11.1. The normalized spacial score (nSPS) is 12.0. The number of aromatic nitrogens is 2. The van der Waals surface area contributed by atoms with Gasteiger partial charge in [0.25, 0.3) is 5.43 Å². The Morgan fingerprint density at radius 3 is 1.86 bits per heavy atom. The lowest BCUT2D eigenvalue weighted by Gasteiger charge is -2.26. The van der Waals surface area contributed by atoms with E-state index in [2.05, 4.69) is 81.0 Å². The van der Waals surface area contributed by atoms with Crippen LogP contribution < -0.4 is 21.1 Å². The molecule has 0 atom stereocenters. The molecule has 6 nitrogen and oxygen atoms in total. The fraction of sp³-hybridized carbons (Fsp3) is 0.0571. The van der Waals surface area contributed by atoms with E-state index in [1.54, 1.807) is 6.07 Å². The number of hydrogen-bond donors (Lipinski definition) is 0. The van der Waals surface area contributed by atoms with Gasteiger partial charge >= 0.3 is 0 Å². The predicted octanol–water partition coefficient (Wildman–Crippen LogP) is 7.70. The summed E-state index contributed by atoms with van der Waals surface area (Å²) in [7, 11) is 0. The summed E-state index contributed by atoms with van der Waals surface area (Å²) in [5, 5.41) is -0.952. The first-order valence-corrected chi connectivity index (χ1v) is 14.5. The first-order valence-electron chi connectivity index (χ1n) is 13.7. The lowest BCUT2D eigenvalue weighted by atomic mass is 10.0. The van der Waals surface area contributed by atoms with Gasteiger partial charge in [-0.2, -0.15) is 8.75 Å². The third-order valence-corrected chi connectivity index (χ3v) is 8.13. The highest BCUT2D eigenvalue weighted by Crippen LogP contribution is 2.38. The highest BCUT2D eigenvalue weighted by molar-refractivity contribution is 7.00. The molecule has 0 amide bonds. The van der Waals surface area contributed by atoms with Gasteiger partial charge in [0, 0.05) is 34.1 Å². The average Bonchev–Trinajstić information content (AvgIpc) is 3.60. The molecular weight excluding hydrogens is 578 g/mol. The van der Waals surface area contributed by atoms with Crippen molar-refractivity contribution in [2.24, 2.45) is 4.99 Å². The maximum atomic E-state index is 14.3. The van der Waals surface area contributed by atoms with Gasteiger partial charge in [0.1, 0.15) is 28.0 Å². The zero-order valence-corrected chi connectivity index (χ0v) is 24.3. The number of aryl methyl sites for hydroxylation is 2. The third-order valence-electron chi connectivity index (χ3n) is 7.61. The van der Waals surface area contributed by atoms with Crippen molar-refractivity contribution in [1.29, 1.82) is 0 Å². The van der Waals surface area contributed by atoms with Crippen LogP contribution in [0.2, 0.25) is 0 Å². The zero-order chi connectivity index (χ0) is 30.5. The van der Waals surface area contributed by atoms with Crippen LogP contribution in [0.3, 0.4) is 0 Å². The molecule has 0 aliphatic heterocycles. The van der Waals surface area contributed by atoms with Gasteiger partial charge in [-0.3, -0.25) is 9.59 Å². The molecule has 0 spiro atoms. The standard InChI is InChI=1S/C35H22F2N4O2S/c1-19-3-9-23(10-4-19)41(24-11-5-20(2)6-12-24)25-13-7-21(8-14-25)26-15-16-29(33-31(26)39-44-40-33)38-32-27-17-22(36)18-28(37)30(27)34(42)35(32)43/h3-18H,1-2H3. The second-order valence-electron chi connectivity index (χ2n) is 10.6. The summed E-state index contributed by atoms with van der Waals surface area (Å²) in [5.74, 6) is -2.00. The second kappa shape index (κ2) is 10.7. The fourth-order valence-corrected chi connectivity index (χ4v) is 5.94. The maximum Gasteiger partial charge on any atom is 0.252 e. The van der Waals surface area contributed by atoms with Crippen molar-refractivity contribution in [3.05, 3.63) is 146 Å². The summed E-state index contributed by atoms with van der Waals surface area (Å²) >= 11 is 0.981. The van der Waals surface area contributed by atoms with Crippen molar-refractivity contribution in [3.8, 4) is 11.1 Å². The molecule has 0 fully saturated rings. The van der Waals surface area contributed by atoms with Crippen LogP contribution in [0.25, 0.3) is 32.9 Å². The number of hydrogen-bond acceptors (Lipinski definition) is 7. The van der Waals surface area contributed by atoms with E-state index in [-0.39, 0.29) is 16.4 Å². The summed E-state index contributed by atoms with van der Waals surface area (Å²) < 4.78 is 37.2. The highest BCUT2D eigenvalue weighted by atomic mass is 32.1. The van der Waals surface area contributed by atoms with Crippen molar-refractivity contribution in [2.45, 2.75) is 13.8 Å². The molecule has 214 valence electrons. The van der Waals surface area contributed by atoms with E-state index < -0.39 is 27.9 Å². The largest absolute Gasteiger partial charge is 0.311 e. The predicted molar refractivity (Wildman–Crippen MR) is 171 cm³/mol. The molecule has 1 heterocycles. The maximum absolute atomic E-state index is 14.3. The van der Waals surface area contributed by atoms with Crippen LogP contribution in [0.4, 0.5) is 31.5 Å². The van der Waals surface area contributed by atoms with Gasteiger partial charge in [-0.05, 0) is 74.0 Å². The Labute approximate surface area is 253 Å². The number of fused-ring (bicyclic) bond motifs is 2. The molecular formula is C35H22F2N4O2S. The van der Waals surface area contributed by atoms with E-state index >= 15 is 0 Å². The molecule has 9 heteroatoms. The molecule has 1 aromatic heterocycles. The van der Waals surface area contributed by atoms with Crippen LogP contribution in [0.1, 0.15) is 11.1 Å². The van der Waals surface area contributed by atoms with Crippen LogP contribution in [0.5, 0.6) is 0 Å². The molecule has 44 heavy (non-hydrogen) atoms. The van der Waals surface area contributed by atoms with Crippen LogP contribution in [-0.2, 0) is 0 Å². The Hall–Kier alpha value is -5.41. The van der Waals surface area contributed by atoms with Gasteiger partial charge < -0.3 is 4.90 Å². The zero-order valence-electron chi connectivity index (χ0n) is 23.5. The molecule has 6 aromatic carbocycles. The summed E-state index contributed by atoms with van der Waals surface area (Å²) in [4.78, 5) is 31.7. The van der Waals surface area contributed by atoms with Crippen molar-refractivity contribution in [1.82, 2.24) is 8.75 Å². The number of nitrogens with zero attached hydrogens (tertiary/aromatic N) is 4. The number of halogens is 2. The summed E-state index contributed by atoms with van der Waals surface area (Å²) in [6.45, 7) is 4.12. The van der Waals surface area contributed by atoms with Crippen LogP contribution in [-0.4, -0.2) is 8.75 Å². The quantitative estimate of drug-likeness (QED) is 0.189. The van der Waals surface area contributed by atoms with Gasteiger partial charge in [-0.1, -0.05) is 47.5 Å². The lowest BCUT2D eigenvalue weighted by molar-refractivity contribution is 0.592. The Kier molecular flexibility index (Phi) is 6.67. The van der Waals surface area contributed by atoms with E-state index in [0.29, 0.717) is 17.1 Å². The van der Waals surface area contributed by atoms with E-state index in [9.17, 15) is 18.4 Å². The van der Waals surface area contributed by atoms with E-state index in [1.807, 2.05) is 30.3 Å². The number of benzene rings is 5. The third kappa shape index (κ3) is 4.67. The average molecular weight is 601 g/mol. The summed E-state index contributed by atoms with van der Waals surface area (Å²) in [6.07, 6.45) is 0. The minimum atomic E-state index is -1.09. The summed E-state index contributed by atoms with van der Waals surface area (Å²) in [6, 6.07) is 29.8. The molecule has 0 N–H and O–H groups in total. The Balaban J connectivity index is 1.31. The SMILES string of the molecule is Cc1ccc(N(c2ccc(C)cc2)c2ccc(-c3ccc(N=c4c(=O)c(=O)c5c(F)cc(F)cc45)c4nsnc34)cc2)cc1. The Morgan fingerprint density at radius 1 is 0.682 bits per heavy atom. The lowest BCUT2D eigenvalue weighted by Crippen LogP contribution is -2.30. The fourth-order valence-electron chi connectivity index (χ4n) is 5.37. The van der Waals surface area contributed by atoms with E-state index in [0.717, 1.165) is 46.0 Å². The Bertz CT molecular complexity index is 2310. The monoisotopic (exact) mass is 600 g/mol. The van der Waals surface area contributed by atoms with Crippen molar-refractivity contribution >= 4 is 56.3 Å². The van der Waals surface area contributed by atoms with Crippen LogP contribution in [0, 0.1) is 25.5 Å². The van der Waals surface area contributed by atoms with Crippen LogP contribution in [0.15, 0.2) is 112 Å². The van der Waals surface area contributed by atoms with E-state index in [4.69, 9.17) is 0 Å². The van der Waals surface area contributed by atoms with E-state index in [1.165, 1.54) is 11.1 Å². The smallest absolute Gasteiger partial charge is 0.252 e. The van der Waals surface area contributed by atoms with Gasteiger partial charge in [0.15, 0.2) is 0 Å².